The SMILES string of the molecule is CCCCCCCCCCCCOc1ccc(C#CC(=O)OC2(C(=O)O)C=CC(c3ccccc3)=CC2)cc1F. The summed E-state index contributed by atoms with van der Waals surface area (Å²) >= 11 is 0. The molecule has 5 nitrogen and oxygen atoms in total. The van der Waals surface area contributed by atoms with Crippen LogP contribution in [0.5, 0.6) is 5.75 Å². The Morgan fingerprint density at radius 2 is 1.62 bits per heavy atom. The Balaban J connectivity index is 1.44. The van der Waals surface area contributed by atoms with Gasteiger partial charge in [-0.1, -0.05) is 113 Å². The van der Waals surface area contributed by atoms with Crippen LogP contribution in [-0.4, -0.2) is 29.3 Å². The summed E-state index contributed by atoms with van der Waals surface area (Å²) in [5.41, 5.74) is 0.185. The van der Waals surface area contributed by atoms with Gasteiger partial charge in [0.25, 0.3) is 0 Å². The number of ether oxygens (including phenoxy) is 2. The number of hydrogen-bond acceptors (Lipinski definition) is 4. The summed E-state index contributed by atoms with van der Waals surface area (Å²) in [5.74, 6) is 2.09. The van der Waals surface area contributed by atoms with E-state index in [1.54, 1.807) is 18.2 Å². The van der Waals surface area contributed by atoms with E-state index in [0.717, 1.165) is 30.4 Å². The van der Waals surface area contributed by atoms with Gasteiger partial charge in [0.1, 0.15) is 0 Å². The normalized spacial score (nSPS) is 16.0. The smallest absolute Gasteiger partial charge is 0.386 e. The number of carboxylic acid groups (broad SMARTS) is 1. The summed E-state index contributed by atoms with van der Waals surface area (Å²) in [4.78, 5) is 24.4. The molecule has 1 unspecified atom stereocenters. The van der Waals surface area contributed by atoms with Crippen LogP contribution in [0.1, 0.15) is 88.7 Å². The number of carbonyl (C=O) groups excluding carboxylic acids is 1. The minimum Gasteiger partial charge on any atom is -0.491 e. The molecule has 0 aromatic heterocycles. The van der Waals surface area contributed by atoms with Crippen molar-refractivity contribution in [2.24, 2.45) is 0 Å². The van der Waals surface area contributed by atoms with E-state index in [1.807, 2.05) is 30.3 Å². The molecule has 3 rings (SSSR count). The fourth-order valence-electron chi connectivity index (χ4n) is 4.53. The highest BCUT2D eigenvalue weighted by Gasteiger charge is 2.40. The highest BCUT2D eigenvalue weighted by atomic mass is 19.1. The Bertz CT molecular complexity index is 1240. The van der Waals surface area contributed by atoms with Crippen LogP contribution >= 0.6 is 0 Å². The lowest BCUT2D eigenvalue weighted by molar-refractivity contribution is -0.168. The summed E-state index contributed by atoms with van der Waals surface area (Å²) in [6.07, 6.45) is 16.8. The van der Waals surface area contributed by atoms with Crippen molar-refractivity contribution >= 4 is 17.5 Å². The molecule has 0 radical (unpaired) electrons. The topological polar surface area (TPSA) is 72.8 Å². The molecule has 1 atom stereocenters. The van der Waals surface area contributed by atoms with Gasteiger partial charge in [0.2, 0.25) is 5.60 Å². The summed E-state index contributed by atoms with van der Waals surface area (Å²) < 4.78 is 25.3. The van der Waals surface area contributed by atoms with Crippen molar-refractivity contribution in [2.75, 3.05) is 6.61 Å². The van der Waals surface area contributed by atoms with E-state index in [2.05, 4.69) is 18.8 Å². The zero-order chi connectivity index (χ0) is 28.6. The minimum absolute atomic E-state index is 0.0316. The molecule has 2 aromatic carbocycles. The Morgan fingerprint density at radius 3 is 2.23 bits per heavy atom. The lowest BCUT2D eigenvalue weighted by Gasteiger charge is -2.27. The van der Waals surface area contributed by atoms with E-state index >= 15 is 0 Å². The molecule has 0 fully saturated rings. The quantitative estimate of drug-likeness (QED) is 0.140. The number of unbranched alkanes of at least 4 members (excludes halogenated alkanes) is 9. The molecule has 1 aliphatic rings. The van der Waals surface area contributed by atoms with Crippen molar-refractivity contribution in [2.45, 2.75) is 83.2 Å². The first kappa shape index (κ1) is 30.7. The van der Waals surface area contributed by atoms with Gasteiger partial charge >= 0.3 is 11.9 Å². The van der Waals surface area contributed by atoms with E-state index < -0.39 is 23.4 Å². The fraction of sp³-hybridized carbons (Fsp3) is 0.412. The third-order valence-corrected chi connectivity index (χ3v) is 6.90. The van der Waals surface area contributed by atoms with Crippen molar-refractivity contribution in [3.8, 4) is 17.6 Å². The van der Waals surface area contributed by atoms with Crippen molar-refractivity contribution in [1.82, 2.24) is 0 Å². The number of esters is 1. The molecule has 0 spiro atoms. The van der Waals surface area contributed by atoms with Crippen LogP contribution in [0.2, 0.25) is 0 Å². The average Bonchev–Trinajstić information content (AvgIpc) is 2.96. The van der Waals surface area contributed by atoms with Crippen LogP contribution in [-0.2, 0) is 14.3 Å². The average molecular weight is 547 g/mol. The maximum atomic E-state index is 14.5. The van der Waals surface area contributed by atoms with Crippen molar-refractivity contribution in [1.29, 1.82) is 0 Å². The number of halogens is 1. The van der Waals surface area contributed by atoms with Gasteiger partial charge in [-0.2, -0.15) is 0 Å². The highest BCUT2D eigenvalue weighted by molar-refractivity contribution is 5.94. The van der Waals surface area contributed by atoms with Crippen molar-refractivity contribution < 1.29 is 28.6 Å². The third-order valence-electron chi connectivity index (χ3n) is 6.90. The van der Waals surface area contributed by atoms with Crippen molar-refractivity contribution in [3.63, 3.8) is 0 Å². The van der Waals surface area contributed by atoms with Crippen LogP contribution in [0, 0.1) is 17.7 Å². The molecule has 2 aromatic rings. The fourth-order valence-corrected chi connectivity index (χ4v) is 4.53. The first-order chi connectivity index (χ1) is 19.4. The third kappa shape index (κ3) is 9.72. The van der Waals surface area contributed by atoms with Gasteiger partial charge in [-0.3, -0.25) is 0 Å². The molecule has 0 saturated carbocycles. The Morgan fingerprint density at radius 1 is 0.950 bits per heavy atom. The highest BCUT2D eigenvalue weighted by Crippen LogP contribution is 2.30. The predicted molar refractivity (Wildman–Crippen MR) is 155 cm³/mol. The number of hydrogen-bond donors (Lipinski definition) is 1. The molecule has 212 valence electrons. The molecule has 0 heterocycles. The second-order valence-electron chi connectivity index (χ2n) is 10.1. The summed E-state index contributed by atoms with van der Waals surface area (Å²) in [6, 6.07) is 13.7. The monoisotopic (exact) mass is 546 g/mol. The lowest BCUT2D eigenvalue weighted by Crippen LogP contribution is -2.41. The molecular formula is C34H39FO5. The zero-order valence-corrected chi connectivity index (χ0v) is 23.3. The van der Waals surface area contributed by atoms with Gasteiger partial charge in [-0.05, 0) is 41.8 Å². The second-order valence-corrected chi connectivity index (χ2v) is 10.1. The van der Waals surface area contributed by atoms with Gasteiger partial charge in [0.05, 0.1) is 6.61 Å². The maximum absolute atomic E-state index is 14.5. The van der Waals surface area contributed by atoms with Crippen molar-refractivity contribution in [3.05, 3.63) is 83.7 Å². The largest absolute Gasteiger partial charge is 0.491 e. The molecule has 0 bridgehead atoms. The molecule has 40 heavy (non-hydrogen) atoms. The van der Waals surface area contributed by atoms with E-state index in [9.17, 15) is 19.1 Å². The first-order valence-corrected chi connectivity index (χ1v) is 14.3. The number of allylic oxidation sites excluding steroid dienone is 2. The number of rotatable bonds is 15. The van der Waals surface area contributed by atoms with Gasteiger partial charge in [0.15, 0.2) is 11.6 Å². The van der Waals surface area contributed by atoms with Gasteiger partial charge < -0.3 is 14.6 Å². The lowest BCUT2D eigenvalue weighted by atomic mass is 9.89. The van der Waals surface area contributed by atoms with Crippen LogP contribution < -0.4 is 4.74 Å². The molecular weight excluding hydrogens is 507 g/mol. The zero-order valence-electron chi connectivity index (χ0n) is 23.3. The van der Waals surface area contributed by atoms with E-state index in [0.29, 0.717) is 6.61 Å². The first-order valence-electron chi connectivity index (χ1n) is 14.3. The van der Waals surface area contributed by atoms with Gasteiger partial charge in [-0.25, -0.2) is 14.0 Å². The van der Waals surface area contributed by atoms with Crippen LogP contribution in [0.3, 0.4) is 0 Å². The minimum atomic E-state index is -1.85. The Labute approximate surface area is 237 Å². The standard InChI is InChI=1S/C34H39FO5/c1-2-3-4-5-6-7-8-9-10-14-25-39-31-19-17-27(26-30(31)35)18-20-32(36)40-34(33(37)38)23-21-29(22-24-34)28-15-12-11-13-16-28/h11-13,15-17,19,21-23,26H,2-10,14,24-25H2,1H3,(H,37,38). The number of benzene rings is 2. The summed E-state index contributed by atoms with van der Waals surface area (Å²) in [5, 5.41) is 9.76. The second kappa shape index (κ2) is 16.3. The Hall–Kier alpha value is -3.85. The van der Waals surface area contributed by atoms with Gasteiger partial charge in [-0.15, -0.1) is 0 Å². The molecule has 1 N–H and O–H groups in total. The maximum Gasteiger partial charge on any atom is 0.386 e. The number of aliphatic carboxylic acids is 1. The molecule has 6 heteroatoms. The molecule has 0 aliphatic heterocycles. The molecule has 0 amide bonds. The Kier molecular flexibility index (Phi) is 12.5. The number of carbonyl (C=O) groups is 2. The van der Waals surface area contributed by atoms with E-state index in [4.69, 9.17) is 9.47 Å². The molecule has 1 aliphatic carbocycles. The van der Waals surface area contributed by atoms with Crippen LogP contribution in [0.15, 0.2) is 66.8 Å². The van der Waals surface area contributed by atoms with Crippen LogP contribution in [0.25, 0.3) is 5.57 Å². The summed E-state index contributed by atoms with van der Waals surface area (Å²) in [7, 11) is 0. The summed E-state index contributed by atoms with van der Waals surface area (Å²) in [6.45, 7) is 2.67. The van der Waals surface area contributed by atoms with Crippen LogP contribution in [0.4, 0.5) is 4.39 Å². The van der Waals surface area contributed by atoms with E-state index in [1.165, 1.54) is 63.2 Å². The number of carboxylic acids is 1. The predicted octanol–water partition coefficient (Wildman–Crippen LogP) is 7.89. The van der Waals surface area contributed by atoms with E-state index in [-0.39, 0.29) is 17.7 Å². The van der Waals surface area contributed by atoms with Gasteiger partial charge in [0, 0.05) is 17.9 Å². The molecule has 0 saturated heterocycles.